The summed E-state index contributed by atoms with van der Waals surface area (Å²) >= 11 is 0. The van der Waals surface area contributed by atoms with Gasteiger partial charge >= 0.3 is 12.1 Å². The molecule has 0 atom stereocenters. The molecule has 3 aromatic carbocycles. The van der Waals surface area contributed by atoms with Gasteiger partial charge in [0.25, 0.3) is 0 Å². The Balaban J connectivity index is 1.68. The Morgan fingerprint density at radius 3 is 2.46 bits per heavy atom. The Kier molecular flexibility index (Phi) is 8.14. The van der Waals surface area contributed by atoms with Crippen LogP contribution >= 0.6 is 0 Å². The normalized spacial score (nSPS) is 11.2. The molecular formula is C26H22F3NO5. The van der Waals surface area contributed by atoms with Gasteiger partial charge in [0.1, 0.15) is 12.4 Å². The number of carbonyl (C=O) groups excluding carboxylic acids is 2. The molecule has 3 aromatic rings. The first-order valence-electron chi connectivity index (χ1n) is 10.4. The summed E-state index contributed by atoms with van der Waals surface area (Å²) in [6, 6.07) is 16.2. The van der Waals surface area contributed by atoms with E-state index in [2.05, 4.69) is 5.32 Å². The molecule has 0 aliphatic rings. The number of amides is 1. The van der Waals surface area contributed by atoms with Crippen LogP contribution in [-0.2, 0) is 22.4 Å². The van der Waals surface area contributed by atoms with E-state index in [1.807, 2.05) is 0 Å². The highest BCUT2D eigenvalue weighted by atomic mass is 19.4. The van der Waals surface area contributed by atoms with Gasteiger partial charge in [-0.3, -0.25) is 9.59 Å². The lowest BCUT2D eigenvalue weighted by molar-refractivity contribution is -0.137. The number of hydrogen-bond acceptors (Lipinski definition) is 5. The van der Waals surface area contributed by atoms with Gasteiger partial charge in [0.2, 0.25) is 5.91 Å². The van der Waals surface area contributed by atoms with Gasteiger partial charge in [0, 0.05) is 24.3 Å². The number of carbonyl (C=O) groups is 2. The van der Waals surface area contributed by atoms with Crippen molar-refractivity contribution in [2.24, 2.45) is 0 Å². The number of nitrogens with one attached hydrogen (secondary N) is 1. The van der Waals surface area contributed by atoms with Crippen LogP contribution in [0.1, 0.15) is 23.6 Å². The zero-order valence-electron chi connectivity index (χ0n) is 18.9. The summed E-state index contributed by atoms with van der Waals surface area (Å²) in [5, 5.41) is 2.73. The molecule has 35 heavy (non-hydrogen) atoms. The smallest absolute Gasteiger partial charge is 0.416 e. The molecule has 0 spiro atoms. The van der Waals surface area contributed by atoms with Gasteiger partial charge in [-0.2, -0.15) is 13.2 Å². The van der Waals surface area contributed by atoms with Crippen LogP contribution in [0.15, 0.2) is 72.8 Å². The van der Waals surface area contributed by atoms with Crippen LogP contribution in [0, 0.1) is 0 Å². The monoisotopic (exact) mass is 485 g/mol. The van der Waals surface area contributed by atoms with E-state index in [0.29, 0.717) is 22.6 Å². The van der Waals surface area contributed by atoms with Crippen LogP contribution in [-0.4, -0.2) is 19.0 Å². The maximum absolute atomic E-state index is 12.9. The van der Waals surface area contributed by atoms with Crippen molar-refractivity contribution in [1.82, 2.24) is 0 Å². The highest BCUT2D eigenvalue weighted by Gasteiger charge is 2.30. The van der Waals surface area contributed by atoms with E-state index in [0.717, 1.165) is 12.1 Å². The summed E-state index contributed by atoms with van der Waals surface area (Å²) in [6.07, 6.45) is -1.65. The van der Waals surface area contributed by atoms with E-state index in [9.17, 15) is 22.8 Å². The summed E-state index contributed by atoms with van der Waals surface area (Å²) in [4.78, 5) is 23.8. The zero-order valence-corrected chi connectivity index (χ0v) is 18.9. The van der Waals surface area contributed by atoms with Gasteiger partial charge in [0.15, 0.2) is 11.5 Å². The second-order valence-electron chi connectivity index (χ2n) is 7.30. The number of hydrogen-bond donors (Lipinski definition) is 1. The fourth-order valence-electron chi connectivity index (χ4n) is 3.07. The molecule has 0 bridgehead atoms. The van der Waals surface area contributed by atoms with Gasteiger partial charge < -0.3 is 19.5 Å². The molecule has 3 rings (SSSR count). The van der Waals surface area contributed by atoms with E-state index in [-0.39, 0.29) is 18.1 Å². The van der Waals surface area contributed by atoms with Crippen molar-refractivity contribution in [3.05, 3.63) is 89.5 Å². The largest absolute Gasteiger partial charge is 0.493 e. The lowest BCUT2D eigenvalue weighted by Gasteiger charge is -2.13. The number of halogens is 3. The number of anilines is 1. The van der Waals surface area contributed by atoms with E-state index >= 15 is 0 Å². The Hall–Kier alpha value is -4.27. The lowest BCUT2D eigenvalue weighted by atomic mass is 10.1. The minimum atomic E-state index is -4.47. The first-order chi connectivity index (χ1) is 16.7. The summed E-state index contributed by atoms with van der Waals surface area (Å²) in [7, 11) is 1.44. The van der Waals surface area contributed by atoms with Gasteiger partial charge in [-0.15, -0.1) is 0 Å². The van der Waals surface area contributed by atoms with Crippen molar-refractivity contribution in [3.63, 3.8) is 0 Å². The molecule has 182 valence electrons. The first-order valence-corrected chi connectivity index (χ1v) is 10.4. The minimum Gasteiger partial charge on any atom is -0.493 e. The molecule has 1 amide bonds. The van der Waals surface area contributed by atoms with Crippen molar-refractivity contribution in [2.75, 3.05) is 12.4 Å². The molecule has 0 radical (unpaired) electrons. The van der Waals surface area contributed by atoms with Crippen LogP contribution in [0.25, 0.3) is 6.08 Å². The van der Waals surface area contributed by atoms with Gasteiger partial charge in [-0.1, -0.05) is 30.3 Å². The van der Waals surface area contributed by atoms with Crippen molar-refractivity contribution in [1.29, 1.82) is 0 Å². The van der Waals surface area contributed by atoms with Crippen molar-refractivity contribution in [2.45, 2.75) is 19.7 Å². The quantitative estimate of drug-likeness (QED) is 0.245. The SMILES string of the molecule is COc1ccc(C=CC(=O)Nc2ccccc2COc2cccc(C(F)(F)F)c2)cc1OC(C)=O. The third kappa shape index (κ3) is 7.36. The van der Waals surface area contributed by atoms with Crippen molar-refractivity contribution >= 4 is 23.6 Å². The minimum absolute atomic E-state index is 0.0499. The maximum atomic E-state index is 12.9. The third-order valence-electron chi connectivity index (χ3n) is 4.70. The summed E-state index contributed by atoms with van der Waals surface area (Å²) in [5.74, 6) is -0.299. The van der Waals surface area contributed by atoms with Gasteiger partial charge in [-0.25, -0.2) is 0 Å². The van der Waals surface area contributed by atoms with Crippen LogP contribution in [0.5, 0.6) is 17.2 Å². The summed E-state index contributed by atoms with van der Waals surface area (Å²) in [6.45, 7) is 1.22. The first kappa shape index (κ1) is 25.4. The van der Waals surface area contributed by atoms with Gasteiger partial charge in [0.05, 0.1) is 12.7 Å². The average Bonchev–Trinajstić information content (AvgIpc) is 2.81. The fraction of sp³-hybridized carbons (Fsp3) is 0.154. The maximum Gasteiger partial charge on any atom is 0.416 e. The molecular weight excluding hydrogens is 463 g/mol. The number of benzene rings is 3. The van der Waals surface area contributed by atoms with E-state index < -0.39 is 23.6 Å². The van der Waals surface area contributed by atoms with E-state index in [4.69, 9.17) is 14.2 Å². The molecule has 0 aromatic heterocycles. The lowest BCUT2D eigenvalue weighted by Crippen LogP contribution is -2.11. The zero-order chi connectivity index (χ0) is 25.4. The molecule has 0 aliphatic heterocycles. The van der Waals surface area contributed by atoms with Crippen LogP contribution in [0.3, 0.4) is 0 Å². The number of alkyl halides is 3. The molecule has 0 saturated carbocycles. The number of esters is 1. The van der Waals surface area contributed by atoms with Crippen molar-refractivity contribution < 1.29 is 37.0 Å². The Bertz CT molecular complexity index is 1240. The standard InChI is InChI=1S/C26H22F3NO5/c1-17(31)35-24-14-18(10-12-23(24)33-2)11-13-25(32)30-22-9-4-3-6-19(22)16-34-21-8-5-7-20(15-21)26(27,28)29/h3-15H,16H2,1-2H3,(H,30,32). The van der Waals surface area contributed by atoms with Crippen LogP contribution < -0.4 is 19.5 Å². The van der Waals surface area contributed by atoms with Crippen LogP contribution in [0.4, 0.5) is 18.9 Å². The number of ether oxygens (including phenoxy) is 3. The molecule has 0 fully saturated rings. The Morgan fingerprint density at radius 1 is 0.971 bits per heavy atom. The fourth-order valence-corrected chi connectivity index (χ4v) is 3.07. The highest BCUT2D eigenvalue weighted by Crippen LogP contribution is 2.32. The molecule has 0 saturated heterocycles. The summed E-state index contributed by atoms with van der Waals surface area (Å²) in [5.41, 5.74) is 0.813. The van der Waals surface area contributed by atoms with E-state index in [1.54, 1.807) is 42.5 Å². The number of rotatable bonds is 8. The Labute approximate surface area is 199 Å². The molecule has 0 heterocycles. The highest BCUT2D eigenvalue weighted by molar-refractivity contribution is 6.02. The Morgan fingerprint density at radius 2 is 1.74 bits per heavy atom. The molecule has 0 aliphatic carbocycles. The number of para-hydroxylation sites is 1. The number of methoxy groups -OCH3 is 1. The average molecular weight is 485 g/mol. The predicted molar refractivity (Wildman–Crippen MR) is 124 cm³/mol. The molecule has 6 nitrogen and oxygen atoms in total. The second kappa shape index (κ2) is 11.2. The van der Waals surface area contributed by atoms with Crippen LogP contribution in [0.2, 0.25) is 0 Å². The van der Waals surface area contributed by atoms with Crippen molar-refractivity contribution in [3.8, 4) is 17.2 Å². The van der Waals surface area contributed by atoms with Gasteiger partial charge in [-0.05, 0) is 48.0 Å². The second-order valence-corrected chi connectivity index (χ2v) is 7.30. The van der Waals surface area contributed by atoms with E-state index in [1.165, 1.54) is 38.3 Å². The topological polar surface area (TPSA) is 73.9 Å². The molecule has 9 heteroatoms. The molecule has 0 unspecified atom stereocenters. The molecule has 1 N–H and O–H groups in total. The summed E-state index contributed by atoms with van der Waals surface area (Å²) < 4.78 is 54.5. The third-order valence-corrected chi connectivity index (χ3v) is 4.70. The predicted octanol–water partition coefficient (Wildman–Crippen LogP) is 5.87.